The number of carbonyl (C=O) groups excluding carboxylic acids is 4. The van der Waals surface area contributed by atoms with Crippen molar-refractivity contribution in [3.05, 3.63) is 70.8 Å². The molecule has 0 saturated carbocycles. The van der Waals surface area contributed by atoms with E-state index in [0.717, 1.165) is 4.90 Å². The van der Waals surface area contributed by atoms with Gasteiger partial charge in [0.1, 0.15) is 0 Å². The van der Waals surface area contributed by atoms with Crippen molar-refractivity contribution >= 4 is 23.7 Å². The Morgan fingerprint density at radius 1 is 1.00 bits per heavy atom. The lowest BCUT2D eigenvalue weighted by Crippen LogP contribution is -2.30. The normalized spacial score (nSPS) is 12.6. The molecular formula is C22H22N2O6. The monoisotopic (exact) mass is 410 g/mol. The third kappa shape index (κ3) is 4.90. The van der Waals surface area contributed by atoms with Crippen molar-refractivity contribution in [1.29, 1.82) is 0 Å². The van der Waals surface area contributed by atoms with Crippen LogP contribution in [0.25, 0.3) is 0 Å². The maximum Gasteiger partial charge on any atom is 0.338 e. The van der Waals surface area contributed by atoms with Gasteiger partial charge in [0.2, 0.25) is 0 Å². The average molecular weight is 410 g/mol. The third-order valence-corrected chi connectivity index (χ3v) is 4.56. The van der Waals surface area contributed by atoms with E-state index in [1.165, 1.54) is 0 Å². The number of hydrogen-bond acceptors (Lipinski definition) is 6. The van der Waals surface area contributed by atoms with Gasteiger partial charge in [0.05, 0.1) is 23.2 Å². The predicted octanol–water partition coefficient (Wildman–Crippen LogP) is 1.79. The summed E-state index contributed by atoms with van der Waals surface area (Å²) in [6, 6.07) is 13.1. The second-order valence-electron chi connectivity index (χ2n) is 6.71. The van der Waals surface area contributed by atoms with Crippen LogP contribution in [-0.4, -0.2) is 55.5 Å². The maximum absolute atomic E-state index is 12.5. The van der Waals surface area contributed by atoms with Crippen molar-refractivity contribution in [3.63, 3.8) is 0 Å². The molecule has 0 aromatic heterocycles. The van der Waals surface area contributed by atoms with E-state index >= 15 is 0 Å². The quantitative estimate of drug-likeness (QED) is 0.384. The number of esters is 1. The SMILES string of the molecule is COCCCNC(=O)COC(=O)c1cccc(CN2C(=O)c3ccccc3C2=O)c1. The summed E-state index contributed by atoms with van der Waals surface area (Å²) in [5.74, 6) is -1.80. The van der Waals surface area contributed by atoms with E-state index in [-0.39, 0.29) is 23.9 Å². The number of carbonyl (C=O) groups is 4. The summed E-state index contributed by atoms with van der Waals surface area (Å²) >= 11 is 0. The Bertz CT molecular complexity index is 937. The molecule has 8 heteroatoms. The van der Waals surface area contributed by atoms with Gasteiger partial charge in [-0.3, -0.25) is 19.3 Å². The lowest BCUT2D eigenvalue weighted by atomic mass is 10.1. The summed E-state index contributed by atoms with van der Waals surface area (Å²) in [6.45, 7) is 0.599. The Kier molecular flexibility index (Phi) is 6.92. The van der Waals surface area contributed by atoms with Crippen molar-refractivity contribution < 1.29 is 28.7 Å². The van der Waals surface area contributed by atoms with Gasteiger partial charge in [0, 0.05) is 20.3 Å². The summed E-state index contributed by atoms with van der Waals surface area (Å²) in [7, 11) is 1.58. The van der Waals surface area contributed by atoms with E-state index in [9.17, 15) is 19.2 Å². The van der Waals surface area contributed by atoms with Crippen LogP contribution < -0.4 is 5.32 Å². The van der Waals surface area contributed by atoms with Gasteiger partial charge >= 0.3 is 5.97 Å². The molecule has 1 heterocycles. The smallest absolute Gasteiger partial charge is 0.338 e. The minimum atomic E-state index is -0.661. The second kappa shape index (κ2) is 9.80. The highest BCUT2D eigenvalue weighted by Crippen LogP contribution is 2.24. The summed E-state index contributed by atoms with van der Waals surface area (Å²) in [6.07, 6.45) is 0.663. The lowest BCUT2D eigenvalue weighted by Gasteiger charge is -2.14. The van der Waals surface area contributed by atoms with Crippen molar-refractivity contribution in [1.82, 2.24) is 10.2 Å². The van der Waals surface area contributed by atoms with E-state index in [2.05, 4.69) is 5.32 Å². The predicted molar refractivity (Wildman–Crippen MR) is 107 cm³/mol. The van der Waals surface area contributed by atoms with Gasteiger partial charge in [-0.2, -0.15) is 0 Å². The highest BCUT2D eigenvalue weighted by atomic mass is 16.5. The van der Waals surface area contributed by atoms with Crippen LogP contribution in [0.3, 0.4) is 0 Å². The lowest BCUT2D eigenvalue weighted by molar-refractivity contribution is -0.124. The molecule has 1 aliphatic heterocycles. The fraction of sp³-hybridized carbons (Fsp3) is 0.273. The topological polar surface area (TPSA) is 102 Å². The van der Waals surface area contributed by atoms with Crippen molar-refractivity contribution in [2.75, 3.05) is 26.9 Å². The maximum atomic E-state index is 12.5. The molecule has 2 aromatic rings. The first-order chi connectivity index (χ1) is 14.5. The van der Waals surface area contributed by atoms with Crippen molar-refractivity contribution in [2.24, 2.45) is 0 Å². The van der Waals surface area contributed by atoms with Gasteiger partial charge in [-0.25, -0.2) is 4.79 Å². The molecule has 156 valence electrons. The molecule has 3 amide bonds. The molecule has 8 nitrogen and oxygen atoms in total. The highest BCUT2D eigenvalue weighted by Gasteiger charge is 2.35. The summed E-state index contributed by atoms with van der Waals surface area (Å²) in [5, 5.41) is 2.62. The Balaban J connectivity index is 1.57. The molecule has 0 fully saturated rings. The number of amides is 3. The summed E-state index contributed by atoms with van der Waals surface area (Å²) in [5.41, 5.74) is 1.57. The van der Waals surface area contributed by atoms with Crippen LogP contribution in [0.1, 0.15) is 43.1 Å². The first kappa shape index (κ1) is 21.2. The molecule has 0 bridgehead atoms. The zero-order chi connectivity index (χ0) is 21.5. The summed E-state index contributed by atoms with van der Waals surface area (Å²) in [4.78, 5) is 50.1. The second-order valence-corrected chi connectivity index (χ2v) is 6.71. The highest BCUT2D eigenvalue weighted by molar-refractivity contribution is 6.21. The number of rotatable bonds is 9. The first-order valence-electron chi connectivity index (χ1n) is 9.48. The molecule has 0 atom stereocenters. The van der Waals surface area contributed by atoms with Crippen LogP contribution in [-0.2, 0) is 20.8 Å². The van der Waals surface area contributed by atoms with Crippen molar-refractivity contribution in [3.8, 4) is 0 Å². The van der Waals surface area contributed by atoms with Gasteiger partial charge in [0.25, 0.3) is 17.7 Å². The standard InChI is InChI=1S/C22H22N2O6/c1-29-11-5-10-23-19(25)14-30-22(28)16-7-4-6-15(12-16)13-24-20(26)17-8-2-3-9-18(17)21(24)27/h2-4,6-9,12H,5,10-11,13-14H2,1H3,(H,23,25). The van der Waals surface area contributed by atoms with E-state index < -0.39 is 18.5 Å². The van der Waals surface area contributed by atoms with Crippen LogP contribution in [0.2, 0.25) is 0 Å². The molecule has 0 saturated heterocycles. The number of benzene rings is 2. The number of fused-ring (bicyclic) bond motifs is 1. The zero-order valence-corrected chi connectivity index (χ0v) is 16.6. The fourth-order valence-corrected chi connectivity index (χ4v) is 3.07. The Labute approximate surface area is 173 Å². The third-order valence-electron chi connectivity index (χ3n) is 4.56. The van der Waals surface area contributed by atoms with Gasteiger partial charge in [-0.1, -0.05) is 24.3 Å². The molecule has 0 spiro atoms. The van der Waals surface area contributed by atoms with Crippen molar-refractivity contribution in [2.45, 2.75) is 13.0 Å². The zero-order valence-electron chi connectivity index (χ0n) is 16.6. The summed E-state index contributed by atoms with van der Waals surface area (Å²) < 4.78 is 9.92. The number of nitrogens with zero attached hydrogens (tertiary/aromatic N) is 1. The average Bonchev–Trinajstić information content (AvgIpc) is 3.00. The van der Waals surface area contributed by atoms with E-state index in [1.54, 1.807) is 55.6 Å². The minimum Gasteiger partial charge on any atom is -0.452 e. The van der Waals surface area contributed by atoms with Crippen LogP contribution in [0, 0.1) is 0 Å². The van der Waals surface area contributed by atoms with Gasteiger partial charge in [-0.05, 0) is 36.2 Å². The van der Waals surface area contributed by atoms with Crippen LogP contribution in [0.4, 0.5) is 0 Å². The van der Waals surface area contributed by atoms with E-state index in [4.69, 9.17) is 9.47 Å². The molecule has 30 heavy (non-hydrogen) atoms. The Hall–Kier alpha value is -3.52. The first-order valence-corrected chi connectivity index (χ1v) is 9.48. The molecule has 0 unspecified atom stereocenters. The molecule has 0 radical (unpaired) electrons. The van der Waals surface area contributed by atoms with Gasteiger partial charge in [0.15, 0.2) is 6.61 Å². The van der Waals surface area contributed by atoms with Gasteiger partial charge < -0.3 is 14.8 Å². The molecule has 0 aliphatic carbocycles. The number of nitrogens with one attached hydrogen (secondary N) is 1. The van der Waals surface area contributed by atoms with Crippen LogP contribution in [0.5, 0.6) is 0 Å². The van der Waals surface area contributed by atoms with Crippen LogP contribution >= 0.6 is 0 Å². The minimum absolute atomic E-state index is 0.0352. The molecular weight excluding hydrogens is 388 g/mol. The molecule has 1 N–H and O–H groups in total. The van der Waals surface area contributed by atoms with Gasteiger partial charge in [-0.15, -0.1) is 0 Å². The number of methoxy groups -OCH3 is 1. The Morgan fingerprint density at radius 3 is 2.37 bits per heavy atom. The number of hydrogen-bond donors (Lipinski definition) is 1. The largest absolute Gasteiger partial charge is 0.452 e. The fourth-order valence-electron chi connectivity index (χ4n) is 3.07. The molecule has 3 rings (SSSR count). The van der Waals surface area contributed by atoms with Crippen LogP contribution in [0.15, 0.2) is 48.5 Å². The number of imide groups is 1. The molecule has 2 aromatic carbocycles. The van der Waals surface area contributed by atoms with E-state index in [0.29, 0.717) is 36.3 Å². The number of ether oxygens (including phenoxy) is 2. The Morgan fingerprint density at radius 2 is 1.70 bits per heavy atom. The molecule has 1 aliphatic rings. The van der Waals surface area contributed by atoms with E-state index in [1.807, 2.05) is 0 Å².